The summed E-state index contributed by atoms with van der Waals surface area (Å²) in [6.45, 7) is 25.1. The van der Waals surface area contributed by atoms with Gasteiger partial charge in [0, 0.05) is 5.54 Å². The topological polar surface area (TPSA) is 0 Å². The van der Waals surface area contributed by atoms with E-state index in [0.29, 0.717) is 11.1 Å². The van der Waals surface area contributed by atoms with Crippen molar-refractivity contribution >= 4 is 31.2 Å². The van der Waals surface area contributed by atoms with E-state index in [1.807, 2.05) is 0 Å². The van der Waals surface area contributed by atoms with Crippen molar-refractivity contribution in [2.45, 2.75) is 140 Å². The zero-order valence-electron chi connectivity index (χ0n) is 31.9. The summed E-state index contributed by atoms with van der Waals surface area (Å²) in [6.07, 6.45) is 10.1. The second-order valence-electron chi connectivity index (χ2n) is 17.4. The third-order valence-electron chi connectivity index (χ3n) is 13.3. The molecule has 0 spiro atoms. The summed E-state index contributed by atoms with van der Waals surface area (Å²) in [4.78, 5) is 0. The predicted molar refractivity (Wildman–Crippen MR) is 214 cm³/mol. The van der Waals surface area contributed by atoms with Crippen LogP contribution in [0.5, 0.6) is 0 Å². The Morgan fingerprint density at radius 3 is 1.40 bits per heavy atom. The van der Waals surface area contributed by atoms with Crippen molar-refractivity contribution in [1.82, 2.24) is 0 Å². The fourth-order valence-corrected chi connectivity index (χ4v) is 15.7. The van der Waals surface area contributed by atoms with Gasteiger partial charge in [0.05, 0.1) is 8.07 Å². The Bertz CT molecular complexity index is 1600. The minimum atomic E-state index is -1.97. The van der Waals surface area contributed by atoms with E-state index < -0.39 is 28.9 Å². The van der Waals surface area contributed by atoms with Gasteiger partial charge in [-0.2, -0.15) is 0 Å². The van der Waals surface area contributed by atoms with Crippen LogP contribution in [0, 0.1) is 14.9 Å². The molecule has 3 aromatic carbocycles. The second-order valence-corrected chi connectivity index (χ2v) is 26.2. The van der Waals surface area contributed by atoms with Gasteiger partial charge in [0.1, 0.15) is 0 Å². The van der Waals surface area contributed by atoms with Gasteiger partial charge >= 0.3 is 37.9 Å². The van der Waals surface area contributed by atoms with Gasteiger partial charge in [-0.15, -0.1) is 0 Å². The maximum atomic E-state index is 4.93. The first-order valence-corrected chi connectivity index (χ1v) is 26.6. The van der Waals surface area contributed by atoms with Gasteiger partial charge in [-0.1, -0.05) is 142 Å². The van der Waals surface area contributed by atoms with E-state index in [2.05, 4.69) is 130 Å². The van der Waals surface area contributed by atoms with Gasteiger partial charge in [-0.3, -0.25) is 0 Å². The molecule has 0 aromatic heterocycles. The Morgan fingerprint density at radius 1 is 0.625 bits per heavy atom. The van der Waals surface area contributed by atoms with E-state index in [1.165, 1.54) is 43.3 Å². The van der Waals surface area contributed by atoms with Crippen LogP contribution in [0.15, 0.2) is 54.6 Å². The zero-order valence-corrected chi connectivity index (χ0v) is 36.9. The van der Waals surface area contributed by atoms with Crippen molar-refractivity contribution in [3.8, 4) is 11.1 Å². The molecule has 4 aliphatic carbocycles. The monoisotopic (exact) mass is 776 g/mol. The van der Waals surface area contributed by atoms with E-state index in [9.17, 15) is 0 Å². The molecule has 258 valence electrons. The van der Waals surface area contributed by atoms with E-state index in [4.69, 9.17) is 17.0 Å². The van der Waals surface area contributed by atoms with Crippen LogP contribution in [0.3, 0.4) is 0 Å². The quantitative estimate of drug-likeness (QED) is 0.183. The summed E-state index contributed by atoms with van der Waals surface area (Å²) >= 11 is -0.826. The molecule has 0 bridgehead atoms. The molecule has 0 amide bonds. The Kier molecular flexibility index (Phi) is 11.5. The summed E-state index contributed by atoms with van der Waals surface area (Å²) < 4.78 is 0. The van der Waals surface area contributed by atoms with Crippen molar-refractivity contribution in [3.63, 3.8) is 0 Å². The maximum absolute atomic E-state index is 4.93. The molecule has 0 N–H and O–H groups in total. The van der Waals surface area contributed by atoms with Gasteiger partial charge in [0.15, 0.2) is 0 Å². The molecular formula is C44H60Cl2SiZr. The molecule has 7 rings (SSSR count). The second kappa shape index (κ2) is 13.9. The van der Waals surface area contributed by atoms with Gasteiger partial charge in [0.2, 0.25) is 0 Å². The van der Waals surface area contributed by atoms with Crippen molar-refractivity contribution in [3.05, 3.63) is 114 Å². The number of halogens is 2. The summed E-state index contributed by atoms with van der Waals surface area (Å²) in [7, 11) is 7.90. The van der Waals surface area contributed by atoms with Crippen molar-refractivity contribution in [2.75, 3.05) is 0 Å². The summed E-state index contributed by atoms with van der Waals surface area (Å²) in [5, 5.41) is 0. The van der Waals surface area contributed by atoms with Gasteiger partial charge < -0.3 is 14.9 Å². The first-order valence-electron chi connectivity index (χ1n) is 17.7. The fourth-order valence-electron chi connectivity index (χ4n) is 10.0. The molecule has 4 aliphatic rings. The predicted octanol–water partition coefficient (Wildman–Crippen LogP) is 14.2. The molecule has 48 heavy (non-hydrogen) atoms. The number of fused-ring (bicyclic) bond motifs is 6. The molecule has 0 radical (unpaired) electrons. The van der Waals surface area contributed by atoms with Crippen molar-refractivity contribution in [2.24, 2.45) is 0 Å². The number of rotatable bonds is 4. The van der Waals surface area contributed by atoms with Crippen molar-refractivity contribution in [1.29, 1.82) is 0 Å². The fraction of sp³-hybridized carbons (Fsp3) is 0.500. The summed E-state index contributed by atoms with van der Waals surface area (Å²) in [6, 6.07) is 22.8. The van der Waals surface area contributed by atoms with Gasteiger partial charge in [0.25, 0.3) is 0 Å². The molecule has 4 heteroatoms. The van der Waals surface area contributed by atoms with Crippen LogP contribution < -0.4 is 0 Å². The Hall–Kier alpha value is -0.920. The zero-order chi connectivity index (χ0) is 33.4. The average Bonchev–Trinajstić information content (AvgIpc) is 3.58. The van der Waals surface area contributed by atoms with E-state index in [1.54, 1.807) is 50.1 Å². The van der Waals surface area contributed by atoms with Crippen LogP contribution in [0.1, 0.15) is 151 Å². The van der Waals surface area contributed by atoms with Crippen molar-refractivity contribution < 1.29 is 20.8 Å². The third kappa shape index (κ3) is 6.18. The van der Waals surface area contributed by atoms with Crippen LogP contribution in [-0.4, -0.2) is 8.07 Å². The van der Waals surface area contributed by atoms with E-state index in [-0.39, 0.29) is 36.5 Å². The molecule has 0 aliphatic heterocycles. The molecular weight excluding hydrogens is 719 g/mol. The van der Waals surface area contributed by atoms with E-state index in [0.717, 1.165) is 0 Å². The van der Waals surface area contributed by atoms with Gasteiger partial charge in [-0.25, -0.2) is 0 Å². The standard InChI is InChI=1S/C42H54Si.2CH3.2ClH.Zr/c1-11-43(12-2,37-18-17-27-15-13-14-16-28(27)37)38-31-25-35-33(39(3,4)19-21-41(35,7)8)23-29(31)30-24-34-36(26-32(30)38)42(9,10)22-20-40(34,5)6;;;;;/h13-18,23-26,37-38H,11-12,19-22H2,1-10H3;2*1H3;2*1H;/q;2*-1;;;+4/p-2. The van der Waals surface area contributed by atoms with Crippen LogP contribution in [0.25, 0.3) is 17.2 Å². The molecule has 1 unspecified atom stereocenters. The molecule has 3 aromatic rings. The van der Waals surface area contributed by atoms with Crippen LogP contribution in [-0.2, 0) is 42.5 Å². The number of allylic oxidation sites excluding steroid dienone is 1. The van der Waals surface area contributed by atoms with Crippen LogP contribution >= 0.6 is 17.0 Å². The Labute approximate surface area is 314 Å². The summed E-state index contributed by atoms with van der Waals surface area (Å²) in [5.74, 6) is 0. The SMILES string of the molecule is CC[Si](CC)(C1C=Cc2ccccc21)C1c2cc3c(cc2-c2cc4c(cc21)C(C)(C)CCC4(C)C)C(C)(C)CCC3(C)C.[CH3-].[CH3-].[Cl][Zr+2][Cl]. The number of hydrogen-bond acceptors (Lipinski definition) is 0. The van der Waals surface area contributed by atoms with Crippen LogP contribution in [0.2, 0.25) is 12.1 Å². The average molecular weight is 779 g/mol. The first kappa shape index (κ1) is 39.9. The van der Waals surface area contributed by atoms with Gasteiger partial charge in [-0.05, 0) is 109 Å². The third-order valence-corrected chi connectivity index (χ3v) is 19.4. The number of benzene rings is 3. The Balaban J connectivity index is 0.00000100. The molecule has 0 heterocycles. The minimum absolute atomic E-state index is 0. The Morgan fingerprint density at radius 2 is 1.00 bits per heavy atom. The molecule has 0 saturated heterocycles. The molecule has 1 atom stereocenters. The summed E-state index contributed by atoms with van der Waals surface area (Å²) in [5.41, 5.74) is 17.9. The van der Waals surface area contributed by atoms with Crippen LogP contribution in [0.4, 0.5) is 0 Å². The molecule has 0 saturated carbocycles. The van der Waals surface area contributed by atoms with E-state index >= 15 is 0 Å². The molecule has 0 nitrogen and oxygen atoms in total. The normalized spacial score (nSPS) is 21.5. The first-order chi connectivity index (χ1) is 21.6. The molecule has 0 fully saturated rings. The number of hydrogen-bond donors (Lipinski definition) is 0.